The number of benzene rings is 1. The minimum Gasteiger partial charge on any atom is -0.497 e. The van der Waals surface area contributed by atoms with Crippen LogP contribution in [0.3, 0.4) is 0 Å². The van der Waals surface area contributed by atoms with Gasteiger partial charge in [-0.3, -0.25) is 9.79 Å². The van der Waals surface area contributed by atoms with E-state index in [0.717, 1.165) is 24.3 Å². The van der Waals surface area contributed by atoms with E-state index in [9.17, 15) is 4.79 Å². The first-order chi connectivity index (χ1) is 9.69. The number of nitrogens with zero attached hydrogens (tertiary/aromatic N) is 1. The molecule has 0 spiro atoms. The van der Waals surface area contributed by atoms with Gasteiger partial charge >= 0.3 is 0 Å². The maximum atomic E-state index is 11.4. The van der Waals surface area contributed by atoms with Gasteiger partial charge in [-0.2, -0.15) is 0 Å². The smallest absolute Gasteiger partial charge is 0.223 e. The molecule has 7 heteroatoms. The Balaban J connectivity index is 0.00000220. The molecule has 0 saturated heterocycles. The van der Waals surface area contributed by atoms with Crippen LogP contribution in [-0.4, -0.2) is 32.1 Å². The number of carbonyl (C=O) groups is 1. The third kappa shape index (κ3) is 6.19. The number of amides is 1. The monoisotopic (exact) mass is 404 g/mol. The summed E-state index contributed by atoms with van der Waals surface area (Å²) in [5.74, 6) is 1.42. The first kappa shape index (κ1) is 17.5. The molecular weight excluding hydrogens is 383 g/mol. The van der Waals surface area contributed by atoms with Crippen LogP contribution in [0.25, 0.3) is 0 Å². The lowest BCUT2D eigenvalue weighted by atomic mass is 10.3. The van der Waals surface area contributed by atoms with Crippen LogP contribution in [0.5, 0.6) is 5.75 Å². The molecule has 1 aliphatic carbocycles. The SMILES string of the molecule is COc1cccc(NC(N)=NCCNC(=O)C2CC2)c1.I. The van der Waals surface area contributed by atoms with Crippen LogP contribution in [0, 0.1) is 5.92 Å². The number of halogens is 1. The number of anilines is 1. The van der Waals surface area contributed by atoms with E-state index in [1.54, 1.807) is 7.11 Å². The second-order valence-corrected chi connectivity index (χ2v) is 4.69. The van der Waals surface area contributed by atoms with Gasteiger partial charge in [0.05, 0.1) is 13.7 Å². The highest BCUT2D eigenvalue weighted by molar-refractivity contribution is 14.0. The third-order valence-corrected chi connectivity index (χ3v) is 2.98. The summed E-state index contributed by atoms with van der Waals surface area (Å²) in [5.41, 5.74) is 6.58. The molecule has 0 bridgehead atoms. The van der Waals surface area contributed by atoms with Crippen molar-refractivity contribution in [2.75, 3.05) is 25.5 Å². The van der Waals surface area contributed by atoms with Crippen molar-refractivity contribution in [3.8, 4) is 5.75 Å². The molecule has 0 radical (unpaired) electrons. The van der Waals surface area contributed by atoms with Crippen molar-refractivity contribution < 1.29 is 9.53 Å². The lowest BCUT2D eigenvalue weighted by Gasteiger charge is -2.07. The lowest BCUT2D eigenvalue weighted by Crippen LogP contribution is -2.29. The number of nitrogens with two attached hydrogens (primary N) is 1. The van der Waals surface area contributed by atoms with Gasteiger partial charge in [-0.25, -0.2) is 0 Å². The predicted molar refractivity (Wildman–Crippen MR) is 94.3 cm³/mol. The van der Waals surface area contributed by atoms with Crippen molar-refractivity contribution in [2.24, 2.45) is 16.6 Å². The molecule has 6 nitrogen and oxygen atoms in total. The van der Waals surface area contributed by atoms with E-state index in [1.165, 1.54) is 0 Å². The summed E-state index contributed by atoms with van der Waals surface area (Å²) in [7, 11) is 1.61. The minimum atomic E-state index is 0. The molecule has 2 rings (SSSR count). The van der Waals surface area contributed by atoms with E-state index in [-0.39, 0.29) is 35.8 Å². The van der Waals surface area contributed by atoms with Crippen LogP contribution in [0.15, 0.2) is 29.3 Å². The number of hydrogen-bond donors (Lipinski definition) is 3. The highest BCUT2D eigenvalue weighted by atomic mass is 127. The second-order valence-electron chi connectivity index (χ2n) is 4.69. The highest BCUT2D eigenvalue weighted by Gasteiger charge is 2.28. The van der Waals surface area contributed by atoms with E-state index in [0.29, 0.717) is 19.0 Å². The molecule has 1 amide bonds. The van der Waals surface area contributed by atoms with Crippen LogP contribution >= 0.6 is 24.0 Å². The highest BCUT2D eigenvalue weighted by Crippen LogP contribution is 2.28. The Labute approximate surface area is 141 Å². The number of aliphatic imine (C=N–C) groups is 1. The van der Waals surface area contributed by atoms with Gasteiger partial charge in [0.2, 0.25) is 5.91 Å². The van der Waals surface area contributed by atoms with Crippen molar-refractivity contribution >= 4 is 41.5 Å². The average Bonchev–Trinajstić information content (AvgIpc) is 3.28. The van der Waals surface area contributed by atoms with E-state index < -0.39 is 0 Å². The maximum absolute atomic E-state index is 11.4. The Morgan fingerprint density at radius 1 is 1.48 bits per heavy atom. The molecular formula is C14H21IN4O2. The molecule has 0 heterocycles. The number of ether oxygens (including phenoxy) is 1. The molecule has 1 aromatic rings. The molecule has 1 aromatic carbocycles. The number of nitrogens with one attached hydrogen (secondary N) is 2. The Morgan fingerprint density at radius 2 is 2.24 bits per heavy atom. The van der Waals surface area contributed by atoms with Gasteiger partial charge in [-0.1, -0.05) is 6.07 Å². The van der Waals surface area contributed by atoms with Crippen LogP contribution in [0.1, 0.15) is 12.8 Å². The van der Waals surface area contributed by atoms with Gasteiger partial charge in [0.25, 0.3) is 0 Å². The fraction of sp³-hybridized carbons (Fsp3) is 0.429. The van der Waals surface area contributed by atoms with Gasteiger partial charge in [-0.05, 0) is 25.0 Å². The molecule has 0 aliphatic heterocycles. The minimum absolute atomic E-state index is 0. The Bertz CT molecular complexity index is 504. The summed E-state index contributed by atoms with van der Waals surface area (Å²) in [5, 5.41) is 5.81. The third-order valence-electron chi connectivity index (χ3n) is 2.98. The van der Waals surface area contributed by atoms with E-state index in [4.69, 9.17) is 10.5 Å². The molecule has 21 heavy (non-hydrogen) atoms. The van der Waals surface area contributed by atoms with Crippen molar-refractivity contribution in [1.82, 2.24) is 5.32 Å². The number of rotatable bonds is 6. The quantitative estimate of drug-likeness (QED) is 0.291. The number of carbonyl (C=O) groups excluding carboxylic acids is 1. The summed E-state index contributed by atoms with van der Waals surface area (Å²) in [6.45, 7) is 0.969. The zero-order valence-corrected chi connectivity index (χ0v) is 14.3. The van der Waals surface area contributed by atoms with E-state index in [1.807, 2.05) is 24.3 Å². The molecule has 116 valence electrons. The van der Waals surface area contributed by atoms with Gasteiger partial charge in [0, 0.05) is 24.2 Å². The molecule has 4 N–H and O–H groups in total. The van der Waals surface area contributed by atoms with Crippen LogP contribution in [-0.2, 0) is 4.79 Å². The second kappa shape index (κ2) is 8.71. The lowest BCUT2D eigenvalue weighted by molar-refractivity contribution is -0.122. The Kier molecular flexibility index (Phi) is 7.27. The number of methoxy groups -OCH3 is 1. The summed E-state index contributed by atoms with van der Waals surface area (Å²) < 4.78 is 5.12. The molecule has 1 aliphatic rings. The molecule has 1 saturated carbocycles. The van der Waals surface area contributed by atoms with Gasteiger partial charge in [-0.15, -0.1) is 24.0 Å². The fourth-order valence-electron chi connectivity index (χ4n) is 1.73. The molecule has 0 atom stereocenters. The predicted octanol–water partition coefficient (Wildman–Crippen LogP) is 1.57. The number of guanidine groups is 1. The Hall–Kier alpha value is -1.51. The average molecular weight is 404 g/mol. The van der Waals surface area contributed by atoms with Crippen LogP contribution in [0.2, 0.25) is 0 Å². The van der Waals surface area contributed by atoms with Gasteiger partial charge < -0.3 is 21.1 Å². The molecule has 1 fully saturated rings. The van der Waals surface area contributed by atoms with Crippen molar-refractivity contribution in [3.63, 3.8) is 0 Å². The first-order valence-electron chi connectivity index (χ1n) is 6.68. The number of hydrogen-bond acceptors (Lipinski definition) is 3. The summed E-state index contributed by atoms with van der Waals surface area (Å²) in [4.78, 5) is 15.5. The fourth-order valence-corrected chi connectivity index (χ4v) is 1.73. The van der Waals surface area contributed by atoms with Gasteiger partial charge in [0.1, 0.15) is 5.75 Å². The summed E-state index contributed by atoms with van der Waals surface area (Å²) >= 11 is 0. The molecule has 0 aromatic heterocycles. The first-order valence-corrected chi connectivity index (χ1v) is 6.68. The van der Waals surface area contributed by atoms with Crippen LogP contribution < -0.4 is 21.1 Å². The topological polar surface area (TPSA) is 88.7 Å². The maximum Gasteiger partial charge on any atom is 0.223 e. The van der Waals surface area contributed by atoms with Crippen LogP contribution in [0.4, 0.5) is 5.69 Å². The zero-order valence-electron chi connectivity index (χ0n) is 12.0. The molecule has 0 unspecified atom stereocenters. The van der Waals surface area contributed by atoms with E-state index in [2.05, 4.69) is 15.6 Å². The van der Waals surface area contributed by atoms with Crippen molar-refractivity contribution in [1.29, 1.82) is 0 Å². The normalized spacial score (nSPS) is 14.0. The van der Waals surface area contributed by atoms with Gasteiger partial charge in [0.15, 0.2) is 5.96 Å². The Morgan fingerprint density at radius 3 is 2.90 bits per heavy atom. The van der Waals surface area contributed by atoms with E-state index >= 15 is 0 Å². The van der Waals surface area contributed by atoms with Crippen molar-refractivity contribution in [3.05, 3.63) is 24.3 Å². The summed E-state index contributed by atoms with van der Waals surface area (Å²) in [6, 6.07) is 7.42. The standard InChI is InChI=1S/C14H20N4O2.HI/c1-20-12-4-2-3-11(9-12)18-14(15)17-8-7-16-13(19)10-5-6-10;/h2-4,9-10H,5-8H2,1H3,(H,16,19)(H3,15,17,18);1H. The van der Waals surface area contributed by atoms with Crippen molar-refractivity contribution in [2.45, 2.75) is 12.8 Å². The zero-order chi connectivity index (χ0) is 14.4. The largest absolute Gasteiger partial charge is 0.497 e. The summed E-state index contributed by atoms with van der Waals surface area (Å²) in [6.07, 6.45) is 2.02.